The largest absolute Gasteiger partial charge is 0.256 e. The standard InChI is InChI=1S/C15H10N/c1-2-8-13-12(6-1)7-5-9-14(13)15-10-3-4-11-16-15/h1-3,5-11H. The fraction of sp³-hybridized carbons (Fsp3) is 0. The zero-order valence-electron chi connectivity index (χ0n) is 8.72. The fourth-order valence-corrected chi connectivity index (χ4v) is 1.93. The van der Waals surface area contributed by atoms with Crippen molar-refractivity contribution in [2.24, 2.45) is 0 Å². The molecule has 1 nitrogen and oxygen atoms in total. The van der Waals surface area contributed by atoms with Crippen LogP contribution in [0.1, 0.15) is 0 Å². The predicted octanol–water partition coefficient (Wildman–Crippen LogP) is 3.70. The van der Waals surface area contributed by atoms with Gasteiger partial charge in [0.05, 0.1) is 5.69 Å². The monoisotopic (exact) mass is 204 g/mol. The van der Waals surface area contributed by atoms with Crippen molar-refractivity contribution in [2.45, 2.75) is 0 Å². The van der Waals surface area contributed by atoms with Gasteiger partial charge in [-0.3, -0.25) is 4.98 Å². The Kier molecular flexibility index (Phi) is 2.15. The number of pyridine rings is 1. The maximum atomic E-state index is 4.34. The molecule has 0 atom stereocenters. The maximum absolute atomic E-state index is 4.34. The third kappa shape index (κ3) is 1.47. The molecular formula is C15H10N. The number of fused-ring (bicyclic) bond motifs is 1. The summed E-state index contributed by atoms with van der Waals surface area (Å²) in [6, 6.07) is 21.5. The summed E-state index contributed by atoms with van der Waals surface area (Å²) in [5.41, 5.74) is 2.17. The van der Waals surface area contributed by atoms with Gasteiger partial charge in [0.25, 0.3) is 0 Å². The quantitative estimate of drug-likeness (QED) is 0.589. The van der Waals surface area contributed by atoms with Crippen LogP contribution in [0.2, 0.25) is 0 Å². The summed E-state index contributed by atoms with van der Waals surface area (Å²) in [5.74, 6) is 0. The van der Waals surface area contributed by atoms with E-state index in [0.29, 0.717) is 0 Å². The first-order valence-corrected chi connectivity index (χ1v) is 5.25. The lowest BCUT2D eigenvalue weighted by atomic mass is 10.0. The summed E-state index contributed by atoms with van der Waals surface area (Å²) in [6.45, 7) is 0. The Morgan fingerprint density at radius 3 is 2.62 bits per heavy atom. The predicted molar refractivity (Wildman–Crippen MR) is 66.0 cm³/mol. The second kappa shape index (κ2) is 3.78. The van der Waals surface area contributed by atoms with Gasteiger partial charge in [-0.05, 0) is 16.8 Å². The third-order valence-electron chi connectivity index (χ3n) is 2.68. The van der Waals surface area contributed by atoms with Crippen molar-refractivity contribution in [3.8, 4) is 11.3 Å². The van der Waals surface area contributed by atoms with Crippen molar-refractivity contribution < 1.29 is 0 Å². The first kappa shape index (κ1) is 9.10. The molecule has 1 aromatic heterocycles. The molecule has 0 saturated carbocycles. The van der Waals surface area contributed by atoms with E-state index in [4.69, 9.17) is 0 Å². The van der Waals surface area contributed by atoms with E-state index in [1.807, 2.05) is 12.1 Å². The van der Waals surface area contributed by atoms with E-state index in [2.05, 4.69) is 53.5 Å². The van der Waals surface area contributed by atoms with Gasteiger partial charge in [-0.15, -0.1) is 0 Å². The molecule has 0 aliphatic carbocycles. The number of rotatable bonds is 1. The first-order valence-electron chi connectivity index (χ1n) is 5.25. The Hall–Kier alpha value is -2.15. The number of aromatic nitrogens is 1. The van der Waals surface area contributed by atoms with Crippen LogP contribution >= 0.6 is 0 Å². The van der Waals surface area contributed by atoms with Crippen LogP contribution < -0.4 is 0 Å². The van der Waals surface area contributed by atoms with Crippen LogP contribution in [0.3, 0.4) is 0 Å². The summed E-state index contributed by atoms with van der Waals surface area (Å²) in [7, 11) is 0. The van der Waals surface area contributed by atoms with Crippen molar-refractivity contribution in [2.75, 3.05) is 0 Å². The van der Waals surface area contributed by atoms with Crippen molar-refractivity contribution in [1.82, 2.24) is 4.98 Å². The lowest BCUT2D eigenvalue weighted by Crippen LogP contribution is -1.83. The molecule has 1 heteroatoms. The van der Waals surface area contributed by atoms with Gasteiger partial charge in [0.2, 0.25) is 0 Å². The van der Waals surface area contributed by atoms with E-state index in [9.17, 15) is 0 Å². The van der Waals surface area contributed by atoms with Gasteiger partial charge in [0.15, 0.2) is 0 Å². The topological polar surface area (TPSA) is 12.9 Å². The lowest BCUT2D eigenvalue weighted by molar-refractivity contribution is 1.33. The van der Waals surface area contributed by atoms with E-state index in [1.165, 1.54) is 16.3 Å². The van der Waals surface area contributed by atoms with Crippen molar-refractivity contribution in [3.63, 3.8) is 0 Å². The highest BCUT2D eigenvalue weighted by Crippen LogP contribution is 2.26. The molecule has 0 aliphatic rings. The molecule has 0 saturated heterocycles. The second-order valence-corrected chi connectivity index (χ2v) is 3.67. The Bertz CT molecular complexity index is 609. The number of benzene rings is 2. The van der Waals surface area contributed by atoms with Gasteiger partial charge in [0, 0.05) is 17.8 Å². The Balaban J connectivity index is 2.32. The van der Waals surface area contributed by atoms with Gasteiger partial charge < -0.3 is 0 Å². The summed E-state index contributed by atoms with van der Waals surface area (Å²) in [4.78, 5) is 4.34. The van der Waals surface area contributed by atoms with Crippen LogP contribution in [0.5, 0.6) is 0 Å². The van der Waals surface area contributed by atoms with Crippen molar-refractivity contribution in [3.05, 3.63) is 66.9 Å². The van der Waals surface area contributed by atoms with Crippen molar-refractivity contribution in [1.29, 1.82) is 0 Å². The summed E-state index contributed by atoms with van der Waals surface area (Å²) < 4.78 is 0. The van der Waals surface area contributed by atoms with E-state index < -0.39 is 0 Å². The molecule has 0 spiro atoms. The van der Waals surface area contributed by atoms with Crippen LogP contribution in [-0.4, -0.2) is 4.98 Å². The number of hydrogen-bond acceptors (Lipinski definition) is 1. The average molecular weight is 204 g/mol. The van der Waals surface area contributed by atoms with Gasteiger partial charge in [-0.2, -0.15) is 0 Å². The van der Waals surface area contributed by atoms with E-state index in [1.54, 1.807) is 6.20 Å². The van der Waals surface area contributed by atoms with Gasteiger partial charge in [-0.25, -0.2) is 0 Å². The minimum atomic E-state index is 0.996. The molecule has 3 rings (SSSR count). The molecule has 1 heterocycles. The minimum absolute atomic E-state index is 0.996. The molecule has 2 aromatic carbocycles. The van der Waals surface area contributed by atoms with Crippen molar-refractivity contribution >= 4 is 10.8 Å². The lowest BCUT2D eigenvalue weighted by Gasteiger charge is -2.05. The molecular weight excluding hydrogens is 194 g/mol. The highest BCUT2D eigenvalue weighted by Gasteiger charge is 2.02. The van der Waals surface area contributed by atoms with Crippen LogP contribution in [0.25, 0.3) is 22.0 Å². The summed E-state index contributed by atoms with van der Waals surface area (Å²) >= 11 is 0. The molecule has 0 unspecified atom stereocenters. The Labute approximate surface area is 94.4 Å². The maximum Gasteiger partial charge on any atom is 0.0708 e. The van der Waals surface area contributed by atoms with Crippen LogP contribution in [0.4, 0.5) is 0 Å². The minimum Gasteiger partial charge on any atom is -0.256 e. The highest BCUT2D eigenvalue weighted by molar-refractivity contribution is 5.95. The molecule has 0 aliphatic heterocycles. The molecule has 0 fully saturated rings. The van der Waals surface area contributed by atoms with E-state index in [-0.39, 0.29) is 0 Å². The second-order valence-electron chi connectivity index (χ2n) is 3.67. The normalized spacial score (nSPS) is 10.5. The zero-order chi connectivity index (χ0) is 10.8. The van der Waals surface area contributed by atoms with Gasteiger partial charge in [-0.1, -0.05) is 48.5 Å². The SMILES string of the molecule is [c]1ccc(-c2cccc3ccccc23)nc1. The third-order valence-corrected chi connectivity index (χ3v) is 2.68. The number of hydrogen-bond donors (Lipinski definition) is 0. The molecule has 3 aromatic rings. The smallest absolute Gasteiger partial charge is 0.0708 e. The Morgan fingerprint density at radius 1 is 0.875 bits per heavy atom. The molecule has 0 N–H and O–H groups in total. The van der Waals surface area contributed by atoms with Crippen LogP contribution in [0, 0.1) is 6.07 Å². The molecule has 0 amide bonds. The summed E-state index contributed by atoms with van der Waals surface area (Å²) in [6.07, 6.45) is 1.71. The van der Waals surface area contributed by atoms with Gasteiger partial charge in [0.1, 0.15) is 0 Å². The highest BCUT2D eigenvalue weighted by atomic mass is 14.7. The molecule has 75 valence electrons. The zero-order valence-corrected chi connectivity index (χ0v) is 8.72. The van der Waals surface area contributed by atoms with Crippen LogP contribution in [0.15, 0.2) is 60.8 Å². The number of nitrogens with zero attached hydrogens (tertiary/aromatic N) is 1. The molecule has 0 bridgehead atoms. The Morgan fingerprint density at radius 2 is 1.75 bits per heavy atom. The first-order chi connectivity index (χ1) is 7.95. The van der Waals surface area contributed by atoms with Crippen LogP contribution in [-0.2, 0) is 0 Å². The summed E-state index contributed by atoms with van der Waals surface area (Å²) in [5, 5.41) is 2.48. The average Bonchev–Trinajstić information content (AvgIpc) is 2.39. The van der Waals surface area contributed by atoms with E-state index >= 15 is 0 Å². The molecule has 1 radical (unpaired) electrons. The van der Waals surface area contributed by atoms with Gasteiger partial charge >= 0.3 is 0 Å². The van der Waals surface area contributed by atoms with E-state index in [0.717, 1.165) is 5.69 Å². The fourth-order valence-electron chi connectivity index (χ4n) is 1.93. The molecule has 16 heavy (non-hydrogen) atoms.